The molecule has 1 aliphatic rings. The number of hydrogen-bond donors (Lipinski definition) is 3. The van der Waals surface area contributed by atoms with Crippen molar-refractivity contribution in [3.05, 3.63) is 59.7 Å². The topological polar surface area (TPSA) is 105 Å². The first-order valence-corrected chi connectivity index (χ1v) is 11.5. The van der Waals surface area contributed by atoms with Crippen LogP contribution < -0.4 is 10.6 Å². The molecule has 3 N–H and O–H groups in total. The van der Waals surface area contributed by atoms with E-state index in [0.717, 1.165) is 35.1 Å². The minimum atomic E-state index is -0.970. The van der Waals surface area contributed by atoms with Crippen molar-refractivity contribution in [1.82, 2.24) is 10.6 Å². The molecule has 7 heteroatoms. The fourth-order valence-electron chi connectivity index (χ4n) is 4.35. The Hall–Kier alpha value is -3.35. The summed E-state index contributed by atoms with van der Waals surface area (Å²) in [7, 11) is 0. The van der Waals surface area contributed by atoms with Crippen LogP contribution in [0.4, 0.5) is 4.79 Å². The molecule has 0 aromatic heterocycles. The maximum atomic E-state index is 12.6. The van der Waals surface area contributed by atoms with Crippen LogP contribution in [0.15, 0.2) is 48.5 Å². The van der Waals surface area contributed by atoms with E-state index in [2.05, 4.69) is 34.9 Å². The normalized spacial score (nSPS) is 14.0. The number of alkyl carbamates (subject to hydrolysis) is 1. The van der Waals surface area contributed by atoms with Crippen molar-refractivity contribution in [2.24, 2.45) is 0 Å². The highest BCUT2D eigenvalue weighted by Crippen LogP contribution is 2.44. The maximum Gasteiger partial charge on any atom is 0.407 e. The van der Waals surface area contributed by atoms with Crippen molar-refractivity contribution >= 4 is 18.0 Å². The Labute approximate surface area is 194 Å². The largest absolute Gasteiger partial charge is 0.481 e. The zero-order chi connectivity index (χ0) is 23.8. The number of hydrogen-bond acceptors (Lipinski definition) is 4. The number of benzene rings is 2. The number of nitrogens with one attached hydrogen (secondary N) is 2. The quantitative estimate of drug-likeness (QED) is 0.467. The fourth-order valence-corrected chi connectivity index (χ4v) is 4.35. The van der Waals surface area contributed by atoms with Gasteiger partial charge in [0.2, 0.25) is 5.91 Å². The molecule has 33 heavy (non-hydrogen) atoms. The highest BCUT2D eigenvalue weighted by atomic mass is 16.5. The van der Waals surface area contributed by atoms with Crippen LogP contribution in [0.5, 0.6) is 0 Å². The summed E-state index contributed by atoms with van der Waals surface area (Å²) >= 11 is 0. The SMILES string of the molecule is CCCC[C@@H](CC(=O)N[C@H](C)CC(=O)O)NC(=O)OCC1c2ccccc2-c2ccccc21. The van der Waals surface area contributed by atoms with Crippen LogP contribution in [-0.4, -0.2) is 41.8 Å². The standard InChI is InChI=1S/C26H32N2O5/c1-3-4-9-18(15-24(29)27-17(2)14-25(30)31)28-26(32)33-16-23-21-12-7-5-10-19(21)20-11-6-8-13-22(20)23/h5-8,10-13,17-18,23H,3-4,9,14-16H2,1-2H3,(H,27,29)(H,28,32)(H,30,31)/t17-,18+/m1/s1. The highest BCUT2D eigenvalue weighted by molar-refractivity contribution is 5.80. The molecule has 7 nitrogen and oxygen atoms in total. The number of carboxylic acid groups (broad SMARTS) is 1. The van der Waals surface area contributed by atoms with Crippen molar-refractivity contribution in [1.29, 1.82) is 0 Å². The van der Waals surface area contributed by atoms with Gasteiger partial charge in [0.15, 0.2) is 0 Å². The number of carboxylic acids is 1. The number of carbonyl (C=O) groups is 3. The van der Waals surface area contributed by atoms with Crippen molar-refractivity contribution in [2.75, 3.05) is 6.61 Å². The molecule has 0 saturated heterocycles. The van der Waals surface area contributed by atoms with Gasteiger partial charge in [-0.15, -0.1) is 0 Å². The first-order chi connectivity index (χ1) is 15.9. The van der Waals surface area contributed by atoms with Crippen LogP contribution >= 0.6 is 0 Å². The monoisotopic (exact) mass is 452 g/mol. The molecule has 176 valence electrons. The van der Waals surface area contributed by atoms with E-state index in [1.165, 1.54) is 0 Å². The number of aliphatic carboxylic acids is 1. The third kappa shape index (κ3) is 6.57. The van der Waals surface area contributed by atoms with Crippen LogP contribution in [0.1, 0.15) is 63.0 Å². The Morgan fingerprint density at radius 3 is 2.15 bits per heavy atom. The molecular weight excluding hydrogens is 420 g/mol. The molecule has 2 aromatic rings. The van der Waals surface area contributed by atoms with Crippen LogP contribution in [0.2, 0.25) is 0 Å². The van der Waals surface area contributed by atoms with E-state index in [9.17, 15) is 14.4 Å². The zero-order valence-corrected chi connectivity index (χ0v) is 19.2. The Kier molecular flexibility index (Phi) is 8.46. The van der Waals surface area contributed by atoms with Crippen LogP contribution in [0.3, 0.4) is 0 Å². The lowest BCUT2D eigenvalue weighted by Crippen LogP contribution is -2.42. The zero-order valence-electron chi connectivity index (χ0n) is 19.2. The van der Waals surface area contributed by atoms with Gasteiger partial charge in [0.05, 0.1) is 6.42 Å². The lowest BCUT2D eigenvalue weighted by atomic mass is 9.98. The summed E-state index contributed by atoms with van der Waals surface area (Å²) < 4.78 is 5.61. The third-order valence-electron chi connectivity index (χ3n) is 5.89. The smallest absolute Gasteiger partial charge is 0.407 e. The predicted molar refractivity (Wildman–Crippen MR) is 126 cm³/mol. The molecule has 0 bridgehead atoms. The number of carbonyl (C=O) groups excluding carboxylic acids is 2. The molecule has 2 amide bonds. The van der Waals surface area contributed by atoms with E-state index in [4.69, 9.17) is 9.84 Å². The summed E-state index contributed by atoms with van der Waals surface area (Å²) in [6.07, 6.45) is 1.80. The Balaban J connectivity index is 1.58. The first kappa shape index (κ1) is 24.3. The lowest BCUT2D eigenvalue weighted by molar-refractivity contribution is -0.137. The van der Waals surface area contributed by atoms with E-state index >= 15 is 0 Å². The average Bonchev–Trinajstić information content (AvgIpc) is 3.09. The minimum absolute atomic E-state index is 0.0302. The Bertz CT molecular complexity index is 945. The van der Waals surface area contributed by atoms with Crippen molar-refractivity contribution in [3.63, 3.8) is 0 Å². The number of amides is 2. The van der Waals surface area contributed by atoms with Gasteiger partial charge in [-0.25, -0.2) is 4.79 Å². The highest BCUT2D eigenvalue weighted by Gasteiger charge is 2.29. The third-order valence-corrected chi connectivity index (χ3v) is 5.89. The van der Waals surface area contributed by atoms with E-state index in [-0.39, 0.29) is 37.3 Å². The molecule has 0 fully saturated rings. The molecule has 3 rings (SSSR count). The van der Waals surface area contributed by atoms with Gasteiger partial charge >= 0.3 is 12.1 Å². The Morgan fingerprint density at radius 2 is 1.58 bits per heavy atom. The molecule has 0 heterocycles. The van der Waals surface area contributed by atoms with E-state index in [1.807, 2.05) is 31.2 Å². The molecular formula is C26H32N2O5. The van der Waals surface area contributed by atoms with Crippen molar-refractivity contribution in [3.8, 4) is 11.1 Å². The maximum absolute atomic E-state index is 12.6. The second-order valence-electron chi connectivity index (χ2n) is 8.58. The predicted octanol–water partition coefficient (Wildman–Crippen LogP) is 4.45. The molecule has 0 spiro atoms. The number of ether oxygens (including phenoxy) is 1. The van der Waals surface area contributed by atoms with E-state index < -0.39 is 18.1 Å². The molecule has 2 aromatic carbocycles. The van der Waals surface area contributed by atoms with Gasteiger partial charge in [0, 0.05) is 24.4 Å². The minimum Gasteiger partial charge on any atom is -0.481 e. The van der Waals surface area contributed by atoms with Crippen molar-refractivity contribution in [2.45, 2.75) is 64.0 Å². The number of unbranched alkanes of at least 4 members (excludes halogenated alkanes) is 1. The van der Waals surface area contributed by atoms with Gasteiger partial charge in [0.1, 0.15) is 6.61 Å². The molecule has 0 aliphatic heterocycles. The molecule has 1 aliphatic carbocycles. The average molecular weight is 453 g/mol. The molecule has 0 unspecified atom stereocenters. The Morgan fingerprint density at radius 1 is 0.970 bits per heavy atom. The molecule has 0 radical (unpaired) electrons. The first-order valence-electron chi connectivity index (χ1n) is 11.5. The van der Waals surface area contributed by atoms with E-state index in [1.54, 1.807) is 6.92 Å². The second kappa shape index (κ2) is 11.5. The van der Waals surface area contributed by atoms with Crippen LogP contribution in [-0.2, 0) is 14.3 Å². The summed E-state index contributed by atoms with van der Waals surface area (Å²) in [5.41, 5.74) is 4.60. The van der Waals surface area contributed by atoms with E-state index in [0.29, 0.717) is 6.42 Å². The van der Waals surface area contributed by atoms with Gasteiger partial charge in [-0.05, 0) is 35.6 Å². The van der Waals surface area contributed by atoms with Gasteiger partial charge in [-0.3, -0.25) is 9.59 Å². The molecule has 0 saturated carbocycles. The van der Waals surface area contributed by atoms with Gasteiger partial charge in [-0.1, -0.05) is 68.3 Å². The fraction of sp³-hybridized carbons (Fsp3) is 0.423. The van der Waals surface area contributed by atoms with Gasteiger partial charge in [0.25, 0.3) is 0 Å². The summed E-state index contributed by atoms with van der Waals surface area (Å²) in [5, 5.41) is 14.4. The molecule has 2 atom stereocenters. The number of rotatable bonds is 11. The summed E-state index contributed by atoms with van der Waals surface area (Å²) in [6, 6.07) is 15.4. The lowest BCUT2D eigenvalue weighted by Gasteiger charge is -2.20. The van der Waals surface area contributed by atoms with Crippen molar-refractivity contribution < 1.29 is 24.2 Å². The summed E-state index contributed by atoms with van der Waals surface area (Å²) in [6.45, 7) is 3.90. The summed E-state index contributed by atoms with van der Waals surface area (Å²) in [5.74, 6) is -1.29. The number of fused-ring (bicyclic) bond motifs is 3. The summed E-state index contributed by atoms with van der Waals surface area (Å²) in [4.78, 5) is 35.7. The van der Waals surface area contributed by atoms with Gasteiger partial charge in [-0.2, -0.15) is 0 Å². The van der Waals surface area contributed by atoms with Crippen LogP contribution in [0, 0.1) is 0 Å². The van der Waals surface area contributed by atoms with Crippen LogP contribution in [0.25, 0.3) is 11.1 Å². The van der Waals surface area contributed by atoms with Gasteiger partial charge < -0.3 is 20.5 Å². The second-order valence-corrected chi connectivity index (χ2v) is 8.58.